The molecule has 0 heterocycles. The number of allylic oxidation sites excluding steroid dienone is 1. The van der Waals surface area contributed by atoms with Gasteiger partial charge in [-0.2, -0.15) is 5.26 Å². The minimum Gasteiger partial charge on any atom is -0.479 e. The van der Waals surface area contributed by atoms with Gasteiger partial charge in [-0.1, -0.05) is 13.8 Å². The Morgan fingerprint density at radius 3 is 2.00 bits per heavy atom. The standard InChI is InChI=1S/C12H18N2O4/c1-4-9(7-13)8-14(6-3)12(5-2,10(15)16)11(17)18/h8H,4-6H2,1-3H3,(H,15,16)(H,17,18). The number of carbonyl (C=O) groups is 2. The molecule has 0 aromatic rings. The maximum Gasteiger partial charge on any atom is 0.341 e. The minimum atomic E-state index is -2.02. The quantitative estimate of drug-likeness (QED) is 0.526. The molecule has 0 bridgehead atoms. The Labute approximate surface area is 106 Å². The van der Waals surface area contributed by atoms with Crippen LogP contribution >= 0.6 is 0 Å². The lowest BCUT2D eigenvalue weighted by Crippen LogP contribution is -2.58. The zero-order valence-corrected chi connectivity index (χ0v) is 10.8. The molecule has 6 heteroatoms. The van der Waals surface area contributed by atoms with Crippen LogP contribution in [0.1, 0.15) is 33.6 Å². The summed E-state index contributed by atoms with van der Waals surface area (Å²) in [4.78, 5) is 23.8. The SMILES string of the molecule is CCC(C#N)=CN(CC)C(CC)(C(=O)O)C(=O)O. The topological polar surface area (TPSA) is 102 Å². The summed E-state index contributed by atoms with van der Waals surface area (Å²) >= 11 is 0. The lowest BCUT2D eigenvalue weighted by atomic mass is 9.94. The van der Waals surface area contributed by atoms with E-state index in [2.05, 4.69) is 0 Å². The minimum absolute atomic E-state index is 0.0928. The van der Waals surface area contributed by atoms with Gasteiger partial charge in [-0.3, -0.25) is 0 Å². The fourth-order valence-corrected chi connectivity index (χ4v) is 1.70. The monoisotopic (exact) mass is 254 g/mol. The number of nitriles is 1. The summed E-state index contributed by atoms with van der Waals surface area (Å²) in [5, 5.41) is 27.3. The first-order valence-corrected chi connectivity index (χ1v) is 5.74. The molecule has 0 atom stereocenters. The Morgan fingerprint density at radius 2 is 1.78 bits per heavy atom. The molecule has 0 aliphatic carbocycles. The Morgan fingerprint density at radius 1 is 1.28 bits per heavy atom. The van der Waals surface area contributed by atoms with E-state index in [0.717, 1.165) is 0 Å². The highest BCUT2D eigenvalue weighted by Gasteiger charge is 2.49. The van der Waals surface area contributed by atoms with Gasteiger partial charge in [0.15, 0.2) is 0 Å². The average Bonchev–Trinajstić information content (AvgIpc) is 2.33. The normalized spacial score (nSPS) is 11.8. The van der Waals surface area contributed by atoms with Gasteiger partial charge in [0, 0.05) is 18.3 Å². The maximum absolute atomic E-state index is 11.3. The van der Waals surface area contributed by atoms with Crippen LogP contribution in [0.4, 0.5) is 0 Å². The van der Waals surface area contributed by atoms with E-state index in [1.165, 1.54) is 18.0 Å². The Balaban J connectivity index is 5.72. The number of hydrogen-bond donors (Lipinski definition) is 2. The predicted octanol–water partition coefficient (Wildman–Crippen LogP) is 1.44. The zero-order chi connectivity index (χ0) is 14.3. The summed E-state index contributed by atoms with van der Waals surface area (Å²) in [6, 6.07) is 1.92. The largest absolute Gasteiger partial charge is 0.479 e. The van der Waals surface area contributed by atoms with Crippen LogP contribution in [0.2, 0.25) is 0 Å². The molecule has 100 valence electrons. The molecule has 0 amide bonds. The highest BCUT2D eigenvalue weighted by molar-refractivity contribution is 6.03. The Bertz CT molecular complexity index is 381. The van der Waals surface area contributed by atoms with Crippen molar-refractivity contribution in [3.63, 3.8) is 0 Å². The van der Waals surface area contributed by atoms with E-state index >= 15 is 0 Å². The molecular weight excluding hydrogens is 236 g/mol. The molecule has 2 N–H and O–H groups in total. The second kappa shape index (κ2) is 6.64. The van der Waals surface area contributed by atoms with E-state index in [9.17, 15) is 19.8 Å². The van der Waals surface area contributed by atoms with Gasteiger partial charge in [-0.25, -0.2) is 9.59 Å². The smallest absolute Gasteiger partial charge is 0.341 e. The molecule has 0 saturated heterocycles. The molecule has 0 unspecified atom stereocenters. The number of rotatable bonds is 7. The van der Waals surface area contributed by atoms with Crippen molar-refractivity contribution in [2.24, 2.45) is 0 Å². The zero-order valence-electron chi connectivity index (χ0n) is 10.8. The van der Waals surface area contributed by atoms with Gasteiger partial charge in [0.1, 0.15) is 0 Å². The van der Waals surface area contributed by atoms with Gasteiger partial charge < -0.3 is 15.1 Å². The first-order chi connectivity index (χ1) is 8.40. The molecular formula is C12H18N2O4. The van der Waals surface area contributed by atoms with Crippen molar-refractivity contribution in [1.29, 1.82) is 5.26 Å². The molecule has 0 aliphatic heterocycles. The molecule has 0 radical (unpaired) electrons. The molecule has 0 fully saturated rings. The molecule has 0 spiro atoms. The van der Waals surface area contributed by atoms with Crippen molar-refractivity contribution in [2.75, 3.05) is 6.54 Å². The van der Waals surface area contributed by atoms with E-state index in [4.69, 9.17) is 5.26 Å². The van der Waals surface area contributed by atoms with Crippen LogP contribution in [-0.4, -0.2) is 39.1 Å². The van der Waals surface area contributed by atoms with Gasteiger partial charge in [0.2, 0.25) is 5.54 Å². The van der Waals surface area contributed by atoms with Gasteiger partial charge in [0.05, 0.1) is 6.07 Å². The van der Waals surface area contributed by atoms with Crippen molar-refractivity contribution in [1.82, 2.24) is 4.90 Å². The van der Waals surface area contributed by atoms with Crippen LogP contribution in [0.15, 0.2) is 11.8 Å². The van der Waals surface area contributed by atoms with Crippen molar-refractivity contribution in [3.05, 3.63) is 11.8 Å². The summed E-state index contributed by atoms with van der Waals surface area (Å²) in [5.41, 5.74) is -1.68. The van der Waals surface area contributed by atoms with Crippen molar-refractivity contribution < 1.29 is 19.8 Å². The number of likely N-dealkylation sites (N-methyl/N-ethyl adjacent to an activating group) is 1. The highest BCUT2D eigenvalue weighted by Crippen LogP contribution is 2.23. The van der Waals surface area contributed by atoms with Crippen LogP contribution in [0.25, 0.3) is 0 Å². The van der Waals surface area contributed by atoms with Crippen molar-refractivity contribution >= 4 is 11.9 Å². The summed E-state index contributed by atoms with van der Waals surface area (Å²) in [6.45, 7) is 5.09. The van der Waals surface area contributed by atoms with Gasteiger partial charge in [-0.15, -0.1) is 0 Å². The summed E-state index contributed by atoms with van der Waals surface area (Å²) in [6.07, 6.45) is 1.65. The lowest BCUT2D eigenvalue weighted by molar-refractivity contribution is -0.165. The number of aliphatic carboxylic acids is 2. The average molecular weight is 254 g/mol. The van der Waals surface area contributed by atoms with E-state index in [-0.39, 0.29) is 13.0 Å². The highest BCUT2D eigenvalue weighted by atomic mass is 16.4. The fraction of sp³-hybridized carbons (Fsp3) is 0.583. The summed E-state index contributed by atoms with van der Waals surface area (Å²) < 4.78 is 0. The fourth-order valence-electron chi connectivity index (χ4n) is 1.70. The molecule has 6 nitrogen and oxygen atoms in total. The first kappa shape index (κ1) is 16.0. The molecule has 0 aliphatic rings. The number of hydrogen-bond acceptors (Lipinski definition) is 4. The van der Waals surface area contributed by atoms with Crippen molar-refractivity contribution in [2.45, 2.75) is 39.2 Å². The van der Waals surface area contributed by atoms with E-state index in [0.29, 0.717) is 12.0 Å². The van der Waals surface area contributed by atoms with Crippen LogP contribution in [0.5, 0.6) is 0 Å². The molecule has 18 heavy (non-hydrogen) atoms. The van der Waals surface area contributed by atoms with Crippen LogP contribution < -0.4 is 0 Å². The van der Waals surface area contributed by atoms with Crippen molar-refractivity contribution in [3.8, 4) is 6.07 Å². The summed E-state index contributed by atoms with van der Waals surface area (Å²) in [5.74, 6) is -2.85. The van der Waals surface area contributed by atoms with Gasteiger partial charge >= 0.3 is 11.9 Å². The van der Waals surface area contributed by atoms with Gasteiger partial charge in [-0.05, 0) is 19.8 Å². The van der Waals surface area contributed by atoms with E-state index in [1.807, 2.05) is 6.07 Å². The number of nitrogens with zero attached hydrogens (tertiary/aromatic N) is 2. The number of carboxylic acids is 2. The van der Waals surface area contributed by atoms with E-state index in [1.54, 1.807) is 13.8 Å². The second-order valence-corrected chi connectivity index (χ2v) is 3.73. The third-order valence-electron chi connectivity index (χ3n) is 2.89. The Kier molecular flexibility index (Phi) is 5.89. The predicted molar refractivity (Wildman–Crippen MR) is 64.7 cm³/mol. The number of carboxylic acid groups (broad SMARTS) is 2. The lowest BCUT2D eigenvalue weighted by Gasteiger charge is -2.35. The molecule has 0 aromatic carbocycles. The summed E-state index contributed by atoms with van der Waals surface area (Å²) in [7, 11) is 0. The van der Waals surface area contributed by atoms with Crippen LogP contribution in [-0.2, 0) is 9.59 Å². The van der Waals surface area contributed by atoms with E-state index < -0.39 is 17.5 Å². The molecule has 0 aromatic heterocycles. The maximum atomic E-state index is 11.3. The Hall–Kier alpha value is -2.03. The molecule has 0 rings (SSSR count). The second-order valence-electron chi connectivity index (χ2n) is 3.73. The van der Waals surface area contributed by atoms with Crippen LogP contribution in [0.3, 0.4) is 0 Å². The third-order valence-corrected chi connectivity index (χ3v) is 2.89. The van der Waals surface area contributed by atoms with Gasteiger partial charge in [0.25, 0.3) is 0 Å². The first-order valence-electron chi connectivity index (χ1n) is 5.74. The molecule has 0 saturated carbocycles. The third kappa shape index (κ3) is 2.80. The van der Waals surface area contributed by atoms with Crippen LogP contribution in [0, 0.1) is 11.3 Å².